The first-order valence-electron chi connectivity index (χ1n) is 8.06. The lowest BCUT2D eigenvalue weighted by atomic mass is 10.2. The van der Waals surface area contributed by atoms with E-state index in [0.717, 1.165) is 24.9 Å². The van der Waals surface area contributed by atoms with Crippen molar-refractivity contribution in [1.29, 1.82) is 0 Å². The predicted octanol–water partition coefficient (Wildman–Crippen LogP) is 1.04. The van der Waals surface area contributed by atoms with Crippen LogP contribution in [0.3, 0.4) is 0 Å². The average molecular weight is 333 g/mol. The second-order valence-corrected chi connectivity index (χ2v) is 5.66. The molecule has 130 valence electrons. The average Bonchev–Trinajstić information content (AvgIpc) is 3.07. The number of hydrogen-bond acceptors (Lipinski definition) is 5. The third-order valence-corrected chi connectivity index (χ3v) is 3.97. The minimum Gasteiger partial charge on any atom is -0.460 e. The van der Waals surface area contributed by atoms with Crippen LogP contribution in [0.15, 0.2) is 30.3 Å². The number of carbonyl (C=O) groups excluding carboxylic acids is 3. The second-order valence-electron chi connectivity index (χ2n) is 5.66. The quantitative estimate of drug-likeness (QED) is 0.760. The third kappa shape index (κ3) is 5.34. The van der Waals surface area contributed by atoms with Gasteiger partial charge in [0, 0.05) is 20.0 Å². The Morgan fingerprint density at radius 3 is 2.71 bits per heavy atom. The highest BCUT2D eigenvalue weighted by Crippen LogP contribution is 2.19. The number of amides is 3. The van der Waals surface area contributed by atoms with Crippen molar-refractivity contribution >= 4 is 17.9 Å². The van der Waals surface area contributed by atoms with Gasteiger partial charge in [-0.1, -0.05) is 30.3 Å². The fourth-order valence-electron chi connectivity index (χ4n) is 2.68. The van der Waals surface area contributed by atoms with Gasteiger partial charge in [-0.2, -0.15) is 0 Å². The summed E-state index contributed by atoms with van der Waals surface area (Å²) in [7, 11) is 1.45. The molecule has 2 N–H and O–H groups in total. The first-order valence-corrected chi connectivity index (χ1v) is 8.06. The number of urea groups is 1. The number of carbonyl (C=O) groups is 3. The summed E-state index contributed by atoms with van der Waals surface area (Å²) in [6, 6.07) is 8.67. The highest BCUT2D eigenvalue weighted by molar-refractivity contribution is 5.94. The van der Waals surface area contributed by atoms with Crippen molar-refractivity contribution in [2.24, 2.45) is 0 Å². The summed E-state index contributed by atoms with van der Waals surface area (Å²) in [5.41, 5.74) is 0.945. The number of nitrogens with one attached hydrogen (secondary N) is 2. The van der Waals surface area contributed by atoms with Crippen molar-refractivity contribution in [3.05, 3.63) is 35.9 Å². The summed E-state index contributed by atoms with van der Waals surface area (Å²) in [6.07, 6.45) is 1.78. The van der Waals surface area contributed by atoms with Gasteiger partial charge in [0.25, 0.3) is 0 Å². The van der Waals surface area contributed by atoms with Crippen molar-refractivity contribution in [3.8, 4) is 0 Å². The summed E-state index contributed by atoms with van der Waals surface area (Å²) in [5, 5.41) is 4.54. The Hall–Kier alpha value is -2.41. The number of hydrogen-bond donors (Lipinski definition) is 2. The van der Waals surface area contributed by atoms with E-state index in [1.54, 1.807) is 0 Å². The molecule has 0 bridgehead atoms. The molecule has 0 aliphatic carbocycles. The maximum Gasteiger partial charge on any atom is 0.323 e. The van der Waals surface area contributed by atoms with E-state index in [0.29, 0.717) is 6.54 Å². The highest BCUT2D eigenvalue weighted by atomic mass is 16.5. The van der Waals surface area contributed by atoms with E-state index in [4.69, 9.17) is 4.74 Å². The van der Waals surface area contributed by atoms with E-state index in [2.05, 4.69) is 10.6 Å². The van der Waals surface area contributed by atoms with Gasteiger partial charge in [0.1, 0.15) is 12.6 Å². The summed E-state index contributed by atoms with van der Waals surface area (Å²) in [4.78, 5) is 36.9. The molecule has 7 heteroatoms. The van der Waals surface area contributed by atoms with E-state index in [1.165, 1.54) is 7.05 Å². The van der Waals surface area contributed by atoms with Gasteiger partial charge >= 0.3 is 12.0 Å². The molecule has 1 aliphatic rings. The van der Waals surface area contributed by atoms with Crippen LogP contribution in [0.2, 0.25) is 0 Å². The highest BCUT2D eigenvalue weighted by Gasteiger charge is 2.32. The monoisotopic (exact) mass is 333 g/mol. The minimum atomic E-state index is -0.528. The molecular weight excluding hydrogens is 310 g/mol. The topological polar surface area (TPSA) is 87.7 Å². The lowest BCUT2D eigenvalue weighted by Crippen LogP contribution is -2.42. The molecule has 1 aliphatic heterocycles. The molecule has 1 aromatic carbocycles. The van der Waals surface area contributed by atoms with Crippen LogP contribution in [0.1, 0.15) is 24.8 Å². The summed E-state index contributed by atoms with van der Waals surface area (Å²) in [6.45, 7) is 1.42. The van der Waals surface area contributed by atoms with E-state index < -0.39 is 6.03 Å². The van der Waals surface area contributed by atoms with Gasteiger partial charge in [0.2, 0.25) is 5.91 Å². The summed E-state index contributed by atoms with van der Waals surface area (Å²) >= 11 is 0. The zero-order valence-corrected chi connectivity index (χ0v) is 13.8. The molecule has 3 amide bonds. The van der Waals surface area contributed by atoms with Crippen LogP contribution in [0, 0.1) is 0 Å². The molecule has 0 unspecified atom stereocenters. The number of nitrogens with zero attached hydrogens (tertiary/aromatic N) is 1. The van der Waals surface area contributed by atoms with E-state index in [-0.39, 0.29) is 30.9 Å². The van der Waals surface area contributed by atoms with Gasteiger partial charge in [-0.25, -0.2) is 4.79 Å². The Labute approximate surface area is 141 Å². The second kappa shape index (κ2) is 9.02. The molecule has 1 heterocycles. The van der Waals surface area contributed by atoms with E-state index in [9.17, 15) is 14.4 Å². The van der Waals surface area contributed by atoms with Gasteiger partial charge in [-0.15, -0.1) is 0 Å². The summed E-state index contributed by atoms with van der Waals surface area (Å²) in [5.74, 6) is -0.624. The van der Waals surface area contributed by atoms with Crippen LogP contribution in [0.5, 0.6) is 0 Å². The summed E-state index contributed by atoms with van der Waals surface area (Å²) < 4.78 is 5.39. The van der Waals surface area contributed by atoms with E-state index in [1.807, 2.05) is 35.2 Å². The van der Waals surface area contributed by atoms with Crippen molar-refractivity contribution in [1.82, 2.24) is 15.5 Å². The number of benzene rings is 1. The van der Waals surface area contributed by atoms with Gasteiger partial charge in [0.15, 0.2) is 0 Å². The van der Waals surface area contributed by atoms with Gasteiger partial charge in [-0.05, 0) is 24.9 Å². The first-order chi connectivity index (χ1) is 11.6. The predicted molar refractivity (Wildman–Crippen MR) is 88.0 cm³/mol. The zero-order valence-electron chi connectivity index (χ0n) is 13.8. The molecule has 24 heavy (non-hydrogen) atoms. The van der Waals surface area contributed by atoms with Crippen LogP contribution in [0.4, 0.5) is 4.79 Å². The Bertz CT molecular complexity index is 576. The third-order valence-electron chi connectivity index (χ3n) is 3.97. The van der Waals surface area contributed by atoms with Crippen LogP contribution < -0.4 is 10.6 Å². The van der Waals surface area contributed by atoms with Gasteiger partial charge in [0.05, 0.1) is 0 Å². The fraction of sp³-hybridized carbons (Fsp3) is 0.471. The molecule has 1 atom stereocenters. The lowest BCUT2D eigenvalue weighted by molar-refractivity contribution is -0.150. The maximum absolute atomic E-state index is 12.3. The minimum absolute atomic E-state index is 0.163. The van der Waals surface area contributed by atoms with E-state index >= 15 is 0 Å². The maximum atomic E-state index is 12.3. The first kappa shape index (κ1) is 17.9. The Kier molecular flexibility index (Phi) is 6.74. The molecule has 7 nitrogen and oxygen atoms in total. The molecular formula is C17H23N3O4. The number of ether oxygens (including phenoxy) is 1. The van der Waals surface area contributed by atoms with Crippen molar-refractivity contribution in [2.75, 3.05) is 20.1 Å². The lowest BCUT2D eigenvalue weighted by Gasteiger charge is -2.22. The smallest absolute Gasteiger partial charge is 0.323 e. The van der Waals surface area contributed by atoms with Crippen molar-refractivity contribution < 1.29 is 19.1 Å². The normalized spacial score (nSPS) is 17.3. The molecule has 1 aromatic rings. The molecule has 1 saturated heterocycles. The number of likely N-dealkylation sites (tertiary alicyclic amines) is 1. The molecule has 0 radical (unpaired) electrons. The largest absolute Gasteiger partial charge is 0.460 e. The Balaban J connectivity index is 1.78. The fourth-order valence-corrected chi connectivity index (χ4v) is 2.68. The van der Waals surface area contributed by atoms with Crippen LogP contribution >= 0.6 is 0 Å². The number of imide groups is 1. The van der Waals surface area contributed by atoms with Crippen molar-refractivity contribution in [3.63, 3.8) is 0 Å². The van der Waals surface area contributed by atoms with Gasteiger partial charge < -0.3 is 10.1 Å². The molecule has 0 saturated carbocycles. The number of esters is 1. The van der Waals surface area contributed by atoms with Crippen LogP contribution in [-0.2, 0) is 20.9 Å². The SMILES string of the molecule is CNC(=O)NC(=O)CCN1CCC[C@@H]1C(=O)OCc1ccccc1. The zero-order chi connectivity index (χ0) is 17.4. The molecule has 1 fully saturated rings. The van der Waals surface area contributed by atoms with Gasteiger partial charge in [-0.3, -0.25) is 19.8 Å². The molecule has 2 rings (SSSR count). The van der Waals surface area contributed by atoms with Crippen molar-refractivity contribution in [2.45, 2.75) is 31.9 Å². The van der Waals surface area contributed by atoms with Crippen LogP contribution in [-0.4, -0.2) is 49.0 Å². The number of rotatable bonds is 6. The molecule has 0 spiro atoms. The Morgan fingerprint density at radius 2 is 2.00 bits per heavy atom. The van der Waals surface area contributed by atoms with Crippen LogP contribution in [0.25, 0.3) is 0 Å². The standard InChI is InChI=1S/C17H23N3O4/c1-18-17(23)19-15(21)9-11-20-10-5-8-14(20)16(22)24-12-13-6-3-2-4-7-13/h2-4,6-7,14H,5,8-12H2,1H3,(H2,18,19,21,23)/t14-/m1/s1. The molecule has 0 aromatic heterocycles. The Morgan fingerprint density at radius 1 is 1.25 bits per heavy atom.